The molecule has 0 spiro atoms. The van der Waals surface area contributed by atoms with E-state index in [1.54, 1.807) is 0 Å². The molecular weight excluding hydrogens is 413 g/mol. The van der Waals surface area contributed by atoms with Gasteiger partial charge < -0.3 is 4.98 Å². The highest BCUT2D eigenvalue weighted by Gasteiger charge is 2.26. The highest BCUT2D eigenvalue weighted by atomic mass is 19.2. The molecular formula is C21H11F7N2. The van der Waals surface area contributed by atoms with Crippen LogP contribution in [0.5, 0.6) is 0 Å². The van der Waals surface area contributed by atoms with Crippen molar-refractivity contribution in [3.05, 3.63) is 87.7 Å². The minimum atomic E-state index is -2.23. The van der Waals surface area contributed by atoms with E-state index >= 15 is 0 Å². The third-order valence-electron chi connectivity index (χ3n) is 4.89. The van der Waals surface area contributed by atoms with Crippen LogP contribution in [0, 0.1) is 47.6 Å². The van der Waals surface area contributed by atoms with Gasteiger partial charge in [-0.15, -0.1) is 0 Å². The molecule has 154 valence electrons. The van der Waals surface area contributed by atoms with Crippen LogP contribution in [0.3, 0.4) is 0 Å². The molecule has 0 aliphatic heterocycles. The van der Waals surface area contributed by atoms with Crippen molar-refractivity contribution in [2.45, 2.75) is 13.3 Å². The molecule has 9 heteroatoms. The SMILES string of the molecule is Cc1c(Cc2c(F)c(F)c(F)c(F)c2F)ccc2[nH]c(-c3c(F)cccc3F)nc12. The summed E-state index contributed by atoms with van der Waals surface area (Å²) in [6.45, 7) is 1.52. The Labute approximate surface area is 165 Å². The van der Waals surface area contributed by atoms with Crippen molar-refractivity contribution < 1.29 is 30.7 Å². The lowest BCUT2D eigenvalue weighted by atomic mass is 9.98. The van der Waals surface area contributed by atoms with Gasteiger partial charge in [-0.2, -0.15) is 0 Å². The lowest BCUT2D eigenvalue weighted by Gasteiger charge is -2.10. The largest absolute Gasteiger partial charge is 0.338 e. The molecule has 0 bridgehead atoms. The van der Waals surface area contributed by atoms with Crippen molar-refractivity contribution >= 4 is 11.0 Å². The predicted octanol–water partition coefficient (Wildman–Crippen LogP) is 6.10. The maximum Gasteiger partial charge on any atom is 0.200 e. The van der Waals surface area contributed by atoms with Gasteiger partial charge in [0, 0.05) is 12.0 Å². The summed E-state index contributed by atoms with van der Waals surface area (Å²) in [6.07, 6.45) is -0.593. The number of nitrogens with zero attached hydrogens (tertiary/aromatic N) is 1. The molecule has 30 heavy (non-hydrogen) atoms. The van der Waals surface area contributed by atoms with E-state index in [9.17, 15) is 30.7 Å². The average molecular weight is 424 g/mol. The summed E-state index contributed by atoms with van der Waals surface area (Å²) >= 11 is 0. The van der Waals surface area contributed by atoms with Gasteiger partial charge in [-0.25, -0.2) is 35.7 Å². The van der Waals surface area contributed by atoms with Crippen LogP contribution in [-0.4, -0.2) is 9.97 Å². The van der Waals surface area contributed by atoms with Crippen LogP contribution in [0.1, 0.15) is 16.7 Å². The third kappa shape index (κ3) is 3.01. The van der Waals surface area contributed by atoms with Gasteiger partial charge in [0.25, 0.3) is 0 Å². The fraction of sp³-hybridized carbons (Fsp3) is 0.0952. The van der Waals surface area contributed by atoms with E-state index in [0.29, 0.717) is 11.1 Å². The van der Waals surface area contributed by atoms with Crippen molar-refractivity contribution in [3.63, 3.8) is 0 Å². The molecule has 4 aromatic rings. The van der Waals surface area contributed by atoms with Crippen LogP contribution >= 0.6 is 0 Å². The quantitative estimate of drug-likeness (QED) is 0.240. The molecule has 0 aliphatic rings. The van der Waals surface area contributed by atoms with Gasteiger partial charge in [0.15, 0.2) is 23.3 Å². The summed E-state index contributed by atoms with van der Waals surface area (Å²) < 4.78 is 96.3. The zero-order chi connectivity index (χ0) is 21.7. The predicted molar refractivity (Wildman–Crippen MR) is 95.2 cm³/mol. The number of imidazole rings is 1. The smallest absolute Gasteiger partial charge is 0.200 e. The van der Waals surface area contributed by atoms with E-state index in [-0.39, 0.29) is 22.5 Å². The highest BCUT2D eigenvalue weighted by molar-refractivity contribution is 5.83. The van der Waals surface area contributed by atoms with Crippen molar-refractivity contribution in [2.75, 3.05) is 0 Å². The van der Waals surface area contributed by atoms with Crippen molar-refractivity contribution in [3.8, 4) is 11.4 Å². The molecule has 0 aliphatic carbocycles. The van der Waals surface area contributed by atoms with Gasteiger partial charge in [0.1, 0.15) is 17.5 Å². The van der Waals surface area contributed by atoms with Crippen LogP contribution in [0.25, 0.3) is 22.4 Å². The summed E-state index contributed by atoms with van der Waals surface area (Å²) in [5.41, 5.74) is -0.145. The van der Waals surface area contributed by atoms with Crippen LogP contribution in [0.15, 0.2) is 30.3 Å². The Kier molecular flexibility index (Phi) is 4.76. The maximum atomic E-state index is 14.0. The number of hydrogen-bond donors (Lipinski definition) is 1. The van der Waals surface area contributed by atoms with E-state index in [2.05, 4.69) is 9.97 Å². The summed E-state index contributed by atoms with van der Waals surface area (Å²) in [5.74, 6) is -11.9. The monoisotopic (exact) mass is 424 g/mol. The fourth-order valence-corrected chi connectivity index (χ4v) is 3.28. The average Bonchev–Trinajstić information content (AvgIpc) is 3.14. The molecule has 1 aromatic heterocycles. The summed E-state index contributed by atoms with van der Waals surface area (Å²) in [7, 11) is 0. The second kappa shape index (κ2) is 7.16. The first kappa shape index (κ1) is 19.9. The summed E-state index contributed by atoms with van der Waals surface area (Å²) in [6, 6.07) is 6.18. The first-order valence-corrected chi connectivity index (χ1v) is 8.63. The topological polar surface area (TPSA) is 28.7 Å². The van der Waals surface area contributed by atoms with Gasteiger partial charge in [0.05, 0.1) is 16.6 Å². The van der Waals surface area contributed by atoms with E-state index in [0.717, 1.165) is 12.1 Å². The number of fused-ring (bicyclic) bond motifs is 1. The number of benzene rings is 3. The fourth-order valence-electron chi connectivity index (χ4n) is 3.28. The first-order valence-electron chi connectivity index (χ1n) is 8.63. The van der Waals surface area contributed by atoms with Crippen LogP contribution in [-0.2, 0) is 6.42 Å². The van der Waals surface area contributed by atoms with Gasteiger partial charge in [-0.1, -0.05) is 12.1 Å². The molecule has 3 aromatic carbocycles. The van der Waals surface area contributed by atoms with Gasteiger partial charge in [-0.3, -0.25) is 0 Å². The number of hydrogen-bond acceptors (Lipinski definition) is 1. The normalized spacial score (nSPS) is 11.5. The first-order chi connectivity index (χ1) is 14.2. The third-order valence-corrected chi connectivity index (χ3v) is 4.89. The van der Waals surface area contributed by atoms with Gasteiger partial charge >= 0.3 is 0 Å². The lowest BCUT2D eigenvalue weighted by Crippen LogP contribution is -2.08. The Morgan fingerprint density at radius 2 is 1.33 bits per heavy atom. The van der Waals surface area contributed by atoms with E-state index in [1.807, 2.05) is 0 Å². The molecule has 0 fully saturated rings. The maximum absolute atomic E-state index is 14.0. The van der Waals surface area contributed by atoms with Crippen molar-refractivity contribution in [1.82, 2.24) is 9.97 Å². The Morgan fingerprint density at radius 1 is 0.767 bits per heavy atom. The second-order valence-corrected chi connectivity index (χ2v) is 6.65. The molecule has 0 amide bonds. The molecule has 0 radical (unpaired) electrons. The molecule has 4 rings (SSSR count). The molecule has 0 atom stereocenters. The van der Waals surface area contributed by atoms with Gasteiger partial charge in [0.2, 0.25) is 5.82 Å². The van der Waals surface area contributed by atoms with Crippen LogP contribution in [0.2, 0.25) is 0 Å². The molecule has 1 heterocycles. The lowest BCUT2D eigenvalue weighted by molar-refractivity contribution is 0.371. The zero-order valence-corrected chi connectivity index (χ0v) is 15.2. The number of H-pyrrole nitrogens is 1. The molecule has 2 nitrogen and oxygen atoms in total. The molecule has 1 N–H and O–H groups in total. The van der Waals surface area contributed by atoms with E-state index in [4.69, 9.17) is 0 Å². The van der Waals surface area contributed by atoms with Crippen LogP contribution < -0.4 is 0 Å². The van der Waals surface area contributed by atoms with E-state index in [1.165, 1.54) is 25.1 Å². The van der Waals surface area contributed by atoms with E-state index < -0.39 is 52.7 Å². The Bertz CT molecular complexity index is 1260. The number of aryl methyl sites for hydroxylation is 1. The number of aromatic amines is 1. The zero-order valence-electron chi connectivity index (χ0n) is 15.2. The Morgan fingerprint density at radius 3 is 1.93 bits per heavy atom. The number of halogens is 7. The van der Waals surface area contributed by atoms with Crippen LogP contribution in [0.4, 0.5) is 30.7 Å². The number of rotatable bonds is 3. The molecule has 0 unspecified atom stereocenters. The molecule has 0 saturated heterocycles. The van der Waals surface area contributed by atoms with Crippen molar-refractivity contribution in [1.29, 1.82) is 0 Å². The number of nitrogens with one attached hydrogen (secondary N) is 1. The Balaban J connectivity index is 1.83. The minimum Gasteiger partial charge on any atom is -0.338 e. The minimum absolute atomic E-state index is 0.0999. The summed E-state index contributed by atoms with van der Waals surface area (Å²) in [5, 5.41) is 0. The Hall–Kier alpha value is -3.36. The second-order valence-electron chi connectivity index (χ2n) is 6.65. The van der Waals surface area contributed by atoms with Crippen molar-refractivity contribution in [2.24, 2.45) is 0 Å². The molecule has 0 saturated carbocycles. The standard InChI is InChI=1S/C21H11F7N2/c1-8-9(7-10-15(24)17(26)19(28)18(27)16(10)25)5-6-13-20(8)30-21(29-13)14-11(22)3-2-4-12(14)23/h2-6H,7H2,1H3,(H,29,30). The number of aromatic nitrogens is 2. The summed E-state index contributed by atoms with van der Waals surface area (Å²) in [4.78, 5) is 6.93. The van der Waals surface area contributed by atoms with Gasteiger partial charge in [-0.05, 0) is 36.2 Å². The highest BCUT2D eigenvalue weighted by Crippen LogP contribution is 2.30.